The quantitative estimate of drug-likeness (QED) is 0.784. The monoisotopic (exact) mass is 267 g/mol. The minimum absolute atomic E-state index is 0.114. The van der Waals surface area contributed by atoms with Crippen molar-refractivity contribution in [3.05, 3.63) is 40.3 Å². The summed E-state index contributed by atoms with van der Waals surface area (Å²) in [6.45, 7) is 0.114. The van der Waals surface area contributed by atoms with E-state index in [0.717, 1.165) is 6.07 Å². The molecule has 0 saturated heterocycles. The molecule has 1 aliphatic rings. The van der Waals surface area contributed by atoms with Crippen molar-refractivity contribution < 1.29 is 9.18 Å². The van der Waals surface area contributed by atoms with Gasteiger partial charge in [-0.3, -0.25) is 4.79 Å². The summed E-state index contributed by atoms with van der Waals surface area (Å²) in [5, 5.41) is 31.2. The van der Waals surface area contributed by atoms with Gasteiger partial charge in [-0.25, -0.2) is 4.39 Å². The van der Waals surface area contributed by atoms with Gasteiger partial charge < -0.3 is 10.6 Å². The molecule has 0 atom stereocenters. The number of nitrogens with one attached hydrogen (secondary N) is 2. The minimum atomic E-state index is -0.601. The molecule has 0 radical (unpaired) electrons. The number of nitrogens with zero attached hydrogens (tertiary/aromatic N) is 3. The maximum Gasteiger partial charge on any atom is 0.252 e. The first kappa shape index (κ1) is 13.1. The van der Waals surface area contributed by atoms with Gasteiger partial charge >= 0.3 is 0 Å². The molecule has 1 aliphatic heterocycles. The van der Waals surface area contributed by atoms with Gasteiger partial charge in [0.2, 0.25) is 0 Å². The number of fused-ring (bicyclic) bond motifs is 1. The van der Waals surface area contributed by atoms with Crippen molar-refractivity contribution in [2.75, 3.05) is 5.32 Å². The van der Waals surface area contributed by atoms with Crippen molar-refractivity contribution in [3.8, 4) is 18.2 Å². The molecular formula is C13H6FN5O. The largest absolute Gasteiger partial charge is 0.348 e. The molecule has 0 aromatic heterocycles. The van der Waals surface area contributed by atoms with Crippen molar-refractivity contribution in [1.29, 1.82) is 15.8 Å². The molecule has 0 fully saturated rings. The third-order valence-electron chi connectivity index (χ3n) is 2.72. The number of rotatable bonds is 2. The van der Waals surface area contributed by atoms with E-state index in [9.17, 15) is 9.18 Å². The van der Waals surface area contributed by atoms with Gasteiger partial charge in [0.15, 0.2) is 5.57 Å². The summed E-state index contributed by atoms with van der Waals surface area (Å²) in [4.78, 5) is 11.5. The van der Waals surface area contributed by atoms with Crippen LogP contribution in [0, 0.1) is 39.8 Å². The number of amides is 1. The van der Waals surface area contributed by atoms with E-state index < -0.39 is 17.3 Å². The van der Waals surface area contributed by atoms with Gasteiger partial charge in [0, 0.05) is 23.4 Å². The number of hydrogen-bond donors (Lipinski definition) is 2. The van der Waals surface area contributed by atoms with Crippen LogP contribution in [0.15, 0.2) is 23.4 Å². The van der Waals surface area contributed by atoms with E-state index in [1.165, 1.54) is 6.07 Å². The molecule has 0 unspecified atom stereocenters. The van der Waals surface area contributed by atoms with Crippen LogP contribution in [-0.4, -0.2) is 5.91 Å². The van der Waals surface area contributed by atoms with Gasteiger partial charge in [-0.1, -0.05) is 0 Å². The molecule has 7 heteroatoms. The van der Waals surface area contributed by atoms with Crippen LogP contribution in [0.2, 0.25) is 0 Å². The predicted molar refractivity (Wildman–Crippen MR) is 65.1 cm³/mol. The summed E-state index contributed by atoms with van der Waals surface area (Å²) in [7, 11) is 0. The third-order valence-corrected chi connectivity index (χ3v) is 2.72. The summed E-state index contributed by atoms with van der Waals surface area (Å²) in [5.41, 5.74) is -0.174. The maximum atomic E-state index is 13.8. The normalized spacial score (nSPS) is 11.4. The second-order valence-electron chi connectivity index (χ2n) is 3.88. The van der Waals surface area contributed by atoms with Crippen LogP contribution in [0.25, 0.3) is 0 Å². The standard InChI is InChI=1S/C13H6FN5O/c14-11-2-8(1-9-10(11)6-18-13(9)20)19-12(5-17)7(3-15)4-16/h1-2,19H,6H2,(H,18,20). The van der Waals surface area contributed by atoms with Crippen molar-refractivity contribution in [2.24, 2.45) is 0 Å². The molecule has 6 nitrogen and oxygen atoms in total. The van der Waals surface area contributed by atoms with Gasteiger partial charge in [-0.15, -0.1) is 0 Å². The second kappa shape index (κ2) is 5.09. The molecule has 1 aromatic carbocycles. The zero-order valence-electron chi connectivity index (χ0n) is 9.99. The highest BCUT2D eigenvalue weighted by molar-refractivity contribution is 5.99. The van der Waals surface area contributed by atoms with Gasteiger partial charge in [0.1, 0.15) is 29.7 Å². The first-order chi connectivity index (χ1) is 9.60. The Labute approximate surface area is 113 Å². The summed E-state index contributed by atoms with van der Waals surface area (Å²) in [5.74, 6) is -1.01. The van der Waals surface area contributed by atoms with Crippen molar-refractivity contribution in [1.82, 2.24) is 5.32 Å². The highest BCUT2D eigenvalue weighted by atomic mass is 19.1. The van der Waals surface area contributed by atoms with Gasteiger partial charge in [-0.2, -0.15) is 15.8 Å². The Kier molecular flexibility index (Phi) is 3.33. The Morgan fingerprint density at radius 2 is 1.95 bits per heavy atom. The first-order valence-electron chi connectivity index (χ1n) is 5.43. The second-order valence-corrected chi connectivity index (χ2v) is 3.88. The summed E-state index contributed by atoms with van der Waals surface area (Å²) >= 11 is 0. The Morgan fingerprint density at radius 1 is 1.25 bits per heavy atom. The summed E-state index contributed by atoms with van der Waals surface area (Å²) in [6.07, 6.45) is 0. The molecule has 0 saturated carbocycles. The van der Waals surface area contributed by atoms with Crippen LogP contribution >= 0.6 is 0 Å². The minimum Gasteiger partial charge on any atom is -0.348 e. The van der Waals surface area contributed by atoms with Crippen LogP contribution in [0.5, 0.6) is 0 Å². The molecule has 0 bridgehead atoms. The Hall–Kier alpha value is -3.37. The lowest BCUT2D eigenvalue weighted by Crippen LogP contribution is -2.12. The van der Waals surface area contributed by atoms with E-state index in [1.54, 1.807) is 18.2 Å². The highest BCUT2D eigenvalue weighted by Gasteiger charge is 2.23. The van der Waals surface area contributed by atoms with Gasteiger partial charge in [0.25, 0.3) is 5.91 Å². The summed E-state index contributed by atoms with van der Waals surface area (Å²) < 4.78 is 13.8. The van der Waals surface area contributed by atoms with E-state index in [0.29, 0.717) is 0 Å². The van der Waals surface area contributed by atoms with E-state index in [-0.39, 0.29) is 29.1 Å². The Bertz CT molecular complexity index is 745. The van der Waals surface area contributed by atoms with E-state index in [4.69, 9.17) is 15.8 Å². The molecule has 2 rings (SSSR count). The number of benzene rings is 1. The average Bonchev–Trinajstić information content (AvgIpc) is 2.81. The molecule has 96 valence electrons. The first-order valence-corrected chi connectivity index (χ1v) is 5.43. The molecular weight excluding hydrogens is 261 g/mol. The van der Waals surface area contributed by atoms with Crippen LogP contribution < -0.4 is 10.6 Å². The number of nitriles is 3. The Balaban J connectivity index is 2.45. The zero-order chi connectivity index (χ0) is 14.7. The number of carbonyl (C=O) groups excluding carboxylic acids is 1. The lowest BCUT2D eigenvalue weighted by atomic mass is 10.1. The van der Waals surface area contributed by atoms with Crippen molar-refractivity contribution >= 4 is 11.6 Å². The highest BCUT2D eigenvalue weighted by Crippen LogP contribution is 2.24. The zero-order valence-corrected chi connectivity index (χ0v) is 9.99. The number of halogens is 1. The van der Waals surface area contributed by atoms with E-state index in [2.05, 4.69) is 10.6 Å². The van der Waals surface area contributed by atoms with Crippen LogP contribution in [0.3, 0.4) is 0 Å². The van der Waals surface area contributed by atoms with Crippen LogP contribution in [-0.2, 0) is 6.54 Å². The van der Waals surface area contributed by atoms with Crippen LogP contribution in [0.4, 0.5) is 10.1 Å². The molecule has 1 aromatic rings. The molecule has 1 amide bonds. The third kappa shape index (κ3) is 2.14. The molecule has 0 aliphatic carbocycles. The average molecular weight is 267 g/mol. The smallest absolute Gasteiger partial charge is 0.252 e. The van der Waals surface area contributed by atoms with Crippen molar-refractivity contribution in [3.63, 3.8) is 0 Å². The van der Waals surface area contributed by atoms with Gasteiger partial charge in [0.05, 0.1) is 0 Å². The predicted octanol–water partition coefficient (Wildman–Crippen LogP) is 1.31. The Morgan fingerprint density at radius 3 is 2.55 bits per heavy atom. The lowest BCUT2D eigenvalue weighted by Gasteiger charge is -2.07. The maximum absolute atomic E-state index is 13.8. The van der Waals surface area contributed by atoms with E-state index in [1.807, 2.05) is 0 Å². The topological polar surface area (TPSA) is 112 Å². The number of anilines is 1. The number of carbonyl (C=O) groups is 1. The van der Waals surface area contributed by atoms with Crippen molar-refractivity contribution in [2.45, 2.75) is 6.54 Å². The molecule has 0 spiro atoms. The fraction of sp³-hybridized carbons (Fsp3) is 0.0769. The number of hydrogen-bond acceptors (Lipinski definition) is 5. The fourth-order valence-electron chi connectivity index (χ4n) is 1.78. The lowest BCUT2D eigenvalue weighted by molar-refractivity contribution is 0.0966. The molecule has 1 heterocycles. The SMILES string of the molecule is N#CC(C#N)=C(C#N)Nc1cc(F)c2c(c1)C(=O)NC2. The summed E-state index contributed by atoms with van der Waals surface area (Å²) in [6, 6.07) is 7.24. The fourth-order valence-corrected chi connectivity index (χ4v) is 1.78. The molecule has 20 heavy (non-hydrogen) atoms. The van der Waals surface area contributed by atoms with Gasteiger partial charge in [-0.05, 0) is 12.1 Å². The van der Waals surface area contributed by atoms with Crippen LogP contribution in [0.1, 0.15) is 15.9 Å². The number of allylic oxidation sites excluding steroid dienone is 2. The molecule has 2 N–H and O–H groups in total. The van der Waals surface area contributed by atoms with E-state index >= 15 is 0 Å².